The Bertz CT molecular complexity index is 915. The van der Waals surface area contributed by atoms with E-state index in [9.17, 15) is 10.1 Å². The number of fused-ring (bicyclic) bond motifs is 1. The Hall–Kier alpha value is -2.87. The molecular formula is C19H17N3O2. The van der Waals surface area contributed by atoms with Gasteiger partial charge >= 0.3 is 0 Å². The van der Waals surface area contributed by atoms with Gasteiger partial charge in [0.05, 0.1) is 17.2 Å². The van der Waals surface area contributed by atoms with Crippen LogP contribution >= 0.6 is 0 Å². The lowest BCUT2D eigenvalue weighted by atomic mass is 9.90. The van der Waals surface area contributed by atoms with Crippen molar-refractivity contribution < 1.29 is 4.74 Å². The van der Waals surface area contributed by atoms with Gasteiger partial charge in [-0.05, 0) is 37.1 Å². The molecule has 1 saturated carbocycles. The van der Waals surface area contributed by atoms with Crippen LogP contribution in [0.1, 0.15) is 43.2 Å². The molecule has 2 heterocycles. The van der Waals surface area contributed by atoms with Crippen LogP contribution < -0.4 is 10.3 Å². The lowest BCUT2D eigenvalue weighted by Crippen LogP contribution is -2.43. The summed E-state index contributed by atoms with van der Waals surface area (Å²) in [6.07, 6.45) is 6.71. The zero-order valence-electron chi connectivity index (χ0n) is 13.2. The maximum atomic E-state index is 12.3. The molecule has 1 aromatic carbocycles. The fraction of sp³-hybridized carbons (Fsp3) is 0.316. The van der Waals surface area contributed by atoms with Crippen LogP contribution in [0.2, 0.25) is 0 Å². The van der Waals surface area contributed by atoms with Gasteiger partial charge in [-0.15, -0.1) is 0 Å². The second kappa shape index (κ2) is 5.64. The third-order valence-electron chi connectivity index (χ3n) is 4.64. The first-order chi connectivity index (χ1) is 11.7. The predicted octanol–water partition coefficient (Wildman–Crippen LogP) is 3.07. The molecule has 0 atom stereocenters. The fourth-order valence-corrected chi connectivity index (χ4v) is 3.45. The van der Waals surface area contributed by atoms with Crippen molar-refractivity contribution in [3.63, 3.8) is 0 Å². The van der Waals surface area contributed by atoms with Crippen molar-refractivity contribution in [3.05, 3.63) is 64.1 Å². The van der Waals surface area contributed by atoms with Gasteiger partial charge in [0.25, 0.3) is 5.56 Å². The van der Waals surface area contributed by atoms with Gasteiger partial charge in [0, 0.05) is 25.1 Å². The molecule has 0 bridgehead atoms. The van der Waals surface area contributed by atoms with Crippen molar-refractivity contribution in [1.82, 2.24) is 4.57 Å². The molecule has 1 aromatic heterocycles. The van der Waals surface area contributed by atoms with Gasteiger partial charge in [-0.25, -0.2) is 4.99 Å². The van der Waals surface area contributed by atoms with E-state index in [1.165, 1.54) is 12.5 Å². The number of pyridine rings is 1. The molecule has 1 aliphatic carbocycles. The average molecular weight is 319 g/mol. The van der Waals surface area contributed by atoms with Crippen molar-refractivity contribution in [2.45, 2.75) is 37.8 Å². The highest BCUT2D eigenvalue weighted by molar-refractivity contribution is 6.03. The Morgan fingerprint density at radius 1 is 1.17 bits per heavy atom. The van der Waals surface area contributed by atoms with Crippen LogP contribution in [0.3, 0.4) is 0 Å². The number of hydrogen-bond acceptors (Lipinski definition) is 4. The van der Waals surface area contributed by atoms with Crippen LogP contribution in [-0.4, -0.2) is 16.1 Å². The van der Waals surface area contributed by atoms with Gasteiger partial charge in [0.2, 0.25) is 5.72 Å². The second-order valence-electron chi connectivity index (χ2n) is 6.28. The number of hydrogen-bond donors (Lipinski definition) is 0. The van der Waals surface area contributed by atoms with Crippen LogP contribution in [0.15, 0.2) is 52.4 Å². The van der Waals surface area contributed by atoms with Gasteiger partial charge in [0.15, 0.2) is 0 Å². The summed E-state index contributed by atoms with van der Waals surface area (Å²) in [4.78, 5) is 17.2. The van der Waals surface area contributed by atoms with E-state index in [1.54, 1.807) is 35.0 Å². The lowest BCUT2D eigenvalue weighted by molar-refractivity contribution is 0.0349. The highest BCUT2D eigenvalue weighted by Gasteiger charge is 2.39. The molecule has 1 fully saturated rings. The van der Waals surface area contributed by atoms with Crippen molar-refractivity contribution in [1.29, 1.82) is 5.26 Å². The maximum absolute atomic E-state index is 12.3. The lowest BCUT2D eigenvalue weighted by Gasteiger charge is -2.38. The summed E-state index contributed by atoms with van der Waals surface area (Å²) >= 11 is 0. The predicted molar refractivity (Wildman–Crippen MR) is 90.2 cm³/mol. The highest BCUT2D eigenvalue weighted by Crippen LogP contribution is 2.39. The van der Waals surface area contributed by atoms with Crippen LogP contribution in [0.5, 0.6) is 5.75 Å². The van der Waals surface area contributed by atoms with E-state index < -0.39 is 5.72 Å². The number of nitriles is 1. The Morgan fingerprint density at radius 2 is 2.00 bits per heavy atom. The zero-order valence-corrected chi connectivity index (χ0v) is 13.2. The minimum Gasteiger partial charge on any atom is -0.465 e. The van der Waals surface area contributed by atoms with E-state index in [-0.39, 0.29) is 5.56 Å². The molecule has 0 saturated heterocycles. The first kappa shape index (κ1) is 14.7. The molecule has 120 valence electrons. The Kier molecular flexibility index (Phi) is 3.46. The monoisotopic (exact) mass is 319 g/mol. The molecule has 4 rings (SSSR count). The topological polar surface area (TPSA) is 67.4 Å². The van der Waals surface area contributed by atoms with Crippen LogP contribution in [-0.2, 0) is 0 Å². The summed E-state index contributed by atoms with van der Waals surface area (Å²) in [5.41, 5.74) is 0.480. The SMILES string of the molecule is N#Cc1ccc2c(c1)C(n1ccccc1=O)=NC1(CCCCC1)O2. The third-order valence-corrected chi connectivity index (χ3v) is 4.64. The number of aliphatic imine (C=N–C) groups is 1. The Balaban J connectivity index is 1.94. The molecule has 0 amide bonds. The molecule has 2 aromatic rings. The summed E-state index contributed by atoms with van der Waals surface area (Å²) in [5.74, 6) is 1.26. The molecule has 1 aliphatic heterocycles. The third kappa shape index (κ3) is 2.41. The second-order valence-corrected chi connectivity index (χ2v) is 6.28. The van der Waals surface area contributed by atoms with Crippen molar-refractivity contribution >= 4 is 5.84 Å². The maximum Gasteiger partial charge on any atom is 0.256 e. The standard InChI is InChI=1S/C19H17N3O2/c20-13-14-7-8-16-15(12-14)18(22-11-5-2-6-17(22)23)21-19(24-16)9-3-1-4-10-19/h2,5-8,11-12H,1,3-4,9-10H2. The summed E-state index contributed by atoms with van der Waals surface area (Å²) in [7, 11) is 0. The van der Waals surface area contributed by atoms with E-state index in [4.69, 9.17) is 9.73 Å². The zero-order chi connectivity index (χ0) is 16.6. The van der Waals surface area contributed by atoms with E-state index >= 15 is 0 Å². The number of aromatic nitrogens is 1. The van der Waals surface area contributed by atoms with E-state index in [2.05, 4.69) is 6.07 Å². The summed E-state index contributed by atoms with van der Waals surface area (Å²) < 4.78 is 7.78. The number of benzene rings is 1. The first-order valence-corrected chi connectivity index (χ1v) is 8.22. The van der Waals surface area contributed by atoms with Crippen LogP contribution in [0.25, 0.3) is 0 Å². The fourth-order valence-electron chi connectivity index (χ4n) is 3.45. The largest absolute Gasteiger partial charge is 0.465 e. The molecule has 5 heteroatoms. The summed E-state index contributed by atoms with van der Waals surface area (Å²) in [6, 6.07) is 12.5. The van der Waals surface area contributed by atoms with Crippen molar-refractivity contribution in [3.8, 4) is 11.8 Å². The quantitative estimate of drug-likeness (QED) is 0.749. The number of nitrogens with zero attached hydrogens (tertiary/aromatic N) is 3. The number of rotatable bonds is 0. The van der Waals surface area contributed by atoms with Crippen LogP contribution in [0, 0.1) is 11.3 Å². The molecule has 0 N–H and O–H groups in total. The summed E-state index contributed by atoms with van der Waals surface area (Å²) in [5, 5.41) is 9.19. The van der Waals surface area contributed by atoms with Gasteiger partial charge in [-0.2, -0.15) is 5.26 Å². The summed E-state index contributed by atoms with van der Waals surface area (Å²) in [6.45, 7) is 0. The number of ether oxygens (including phenoxy) is 1. The average Bonchev–Trinajstić information content (AvgIpc) is 2.62. The molecule has 0 unspecified atom stereocenters. The minimum atomic E-state index is -0.593. The van der Waals surface area contributed by atoms with E-state index in [0.29, 0.717) is 22.7 Å². The molecule has 5 nitrogen and oxygen atoms in total. The first-order valence-electron chi connectivity index (χ1n) is 8.22. The van der Waals surface area contributed by atoms with E-state index in [0.717, 1.165) is 25.7 Å². The molecule has 0 radical (unpaired) electrons. The van der Waals surface area contributed by atoms with Gasteiger partial charge < -0.3 is 4.74 Å². The highest BCUT2D eigenvalue weighted by atomic mass is 16.5. The van der Waals surface area contributed by atoms with Gasteiger partial charge in [-0.3, -0.25) is 9.36 Å². The van der Waals surface area contributed by atoms with Crippen molar-refractivity contribution in [2.75, 3.05) is 0 Å². The Labute approximate surface area is 139 Å². The van der Waals surface area contributed by atoms with Crippen molar-refractivity contribution in [2.24, 2.45) is 4.99 Å². The minimum absolute atomic E-state index is 0.141. The smallest absolute Gasteiger partial charge is 0.256 e. The van der Waals surface area contributed by atoms with Gasteiger partial charge in [-0.1, -0.05) is 12.5 Å². The van der Waals surface area contributed by atoms with Gasteiger partial charge in [0.1, 0.15) is 11.6 Å². The van der Waals surface area contributed by atoms with E-state index in [1.807, 2.05) is 6.07 Å². The molecule has 24 heavy (non-hydrogen) atoms. The molecule has 2 aliphatic rings. The van der Waals surface area contributed by atoms with Crippen LogP contribution in [0.4, 0.5) is 0 Å². The molecular weight excluding hydrogens is 302 g/mol. The Morgan fingerprint density at radius 3 is 2.75 bits per heavy atom. The normalized spacial score (nSPS) is 18.2. The molecule has 1 spiro atoms.